The molecule has 0 unspecified atom stereocenters. The lowest BCUT2D eigenvalue weighted by atomic mass is 10.1. The zero-order valence-corrected chi connectivity index (χ0v) is 16.3. The second kappa shape index (κ2) is 8.95. The summed E-state index contributed by atoms with van der Waals surface area (Å²) in [6.07, 6.45) is 1.66. The van der Waals surface area contributed by atoms with Gasteiger partial charge in [-0.2, -0.15) is 4.98 Å². The van der Waals surface area contributed by atoms with Crippen LogP contribution in [0.1, 0.15) is 13.8 Å². The highest BCUT2D eigenvalue weighted by Gasteiger charge is 2.16. The number of nitrogens with zero attached hydrogens (tertiary/aromatic N) is 3. The van der Waals surface area contributed by atoms with Crippen molar-refractivity contribution < 1.29 is 9.50 Å². The molecule has 0 saturated carbocycles. The number of aliphatic hydroxyl groups excluding tert-OH is 1. The predicted molar refractivity (Wildman–Crippen MR) is 109 cm³/mol. The van der Waals surface area contributed by atoms with Gasteiger partial charge in [-0.25, -0.2) is 9.37 Å². The first kappa shape index (κ1) is 20.0. The van der Waals surface area contributed by atoms with Gasteiger partial charge in [0.25, 0.3) is 0 Å². The van der Waals surface area contributed by atoms with Gasteiger partial charge in [-0.3, -0.25) is 4.98 Å². The lowest BCUT2D eigenvalue weighted by Gasteiger charge is -2.20. The van der Waals surface area contributed by atoms with Gasteiger partial charge in [-0.15, -0.1) is 0 Å². The molecular weight excluding hydrogens is 381 g/mol. The summed E-state index contributed by atoms with van der Waals surface area (Å²) in [4.78, 5) is 13.2. The number of benzene rings is 1. The molecule has 0 saturated heterocycles. The van der Waals surface area contributed by atoms with Crippen LogP contribution < -0.4 is 10.6 Å². The number of anilines is 3. The fourth-order valence-corrected chi connectivity index (χ4v) is 2.77. The number of rotatable bonds is 7. The van der Waals surface area contributed by atoms with Crippen LogP contribution in [0.25, 0.3) is 11.4 Å². The summed E-state index contributed by atoms with van der Waals surface area (Å²) in [5.74, 6) is 0.316. The Morgan fingerprint density at radius 2 is 1.93 bits per heavy atom. The average Bonchev–Trinajstić information content (AvgIpc) is 2.69. The molecule has 3 aromatic rings. The molecular formula is C20H21ClFN5O. The fourth-order valence-electron chi connectivity index (χ4n) is 2.56. The topological polar surface area (TPSA) is 83.0 Å². The first-order valence-corrected chi connectivity index (χ1v) is 9.24. The van der Waals surface area contributed by atoms with Gasteiger partial charge in [0.1, 0.15) is 11.6 Å². The summed E-state index contributed by atoms with van der Waals surface area (Å²) in [7, 11) is 0. The number of hydrogen-bond acceptors (Lipinski definition) is 6. The molecule has 2 heterocycles. The molecule has 0 bridgehead atoms. The van der Waals surface area contributed by atoms with E-state index in [2.05, 4.69) is 25.6 Å². The van der Waals surface area contributed by atoms with E-state index in [9.17, 15) is 9.50 Å². The summed E-state index contributed by atoms with van der Waals surface area (Å²) in [5.41, 5.74) is 1.32. The molecule has 0 aliphatic rings. The van der Waals surface area contributed by atoms with Crippen LogP contribution in [0.2, 0.25) is 5.02 Å². The van der Waals surface area contributed by atoms with Crippen LogP contribution in [-0.2, 0) is 0 Å². The van der Waals surface area contributed by atoms with E-state index < -0.39 is 5.82 Å². The van der Waals surface area contributed by atoms with Gasteiger partial charge in [0.15, 0.2) is 0 Å². The molecule has 2 aromatic heterocycles. The Bertz CT molecular complexity index is 919. The molecule has 0 amide bonds. The largest absolute Gasteiger partial charge is 0.394 e. The van der Waals surface area contributed by atoms with Crippen molar-refractivity contribution in [3.8, 4) is 11.4 Å². The molecule has 1 atom stereocenters. The van der Waals surface area contributed by atoms with E-state index in [0.29, 0.717) is 23.2 Å². The van der Waals surface area contributed by atoms with Crippen LogP contribution in [0, 0.1) is 11.7 Å². The van der Waals surface area contributed by atoms with Crippen LogP contribution >= 0.6 is 11.6 Å². The summed E-state index contributed by atoms with van der Waals surface area (Å²) >= 11 is 6.12. The molecule has 0 fully saturated rings. The van der Waals surface area contributed by atoms with Gasteiger partial charge in [-0.1, -0.05) is 37.6 Å². The Labute approximate surface area is 167 Å². The predicted octanol–water partition coefficient (Wildman–Crippen LogP) is 4.50. The maximum Gasteiger partial charge on any atom is 0.225 e. The van der Waals surface area contributed by atoms with E-state index in [4.69, 9.17) is 11.6 Å². The Morgan fingerprint density at radius 3 is 2.57 bits per heavy atom. The number of aliphatic hydroxyl groups is 1. The minimum atomic E-state index is -0.490. The summed E-state index contributed by atoms with van der Waals surface area (Å²) in [5, 5.41) is 15.9. The van der Waals surface area contributed by atoms with E-state index in [1.54, 1.807) is 18.3 Å². The Balaban J connectivity index is 2.02. The van der Waals surface area contributed by atoms with Crippen molar-refractivity contribution in [2.24, 2.45) is 5.92 Å². The smallest absolute Gasteiger partial charge is 0.225 e. The number of para-hydroxylation sites is 1. The molecule has 28 heavy (non-hydrogen) atoms. The number of halogens is 2. The van der Waals surface area contributed by atoms with Crippen LogP contribution in [0.15, 0.2) is 48.7 Å². The Hall–Kier alpha value is -2.77. The third-order valence-corrected chi connectivity index (χ3v) is 4.50. The molecule has 0 radical (unpaired) electrons. The molecule has 3 rings (SSSR count). The molecule has 3 N–H and O–H groups in total. The van der Waals surface area contributed by atoms with E-state index in [0.717, 1.165) is 0 Å². The molecule has 0 aliphatic heterocycles. The normalized spacial score (nSPS) is 12.1. The molecule has 0 spiro atoms. The highest BCUT2D eigenvalue weighted by molar-refractivity contribution is 6.33. The van der Waals surface area contributed by atoms with Gasteiger partial charge in [0.05, 0.1) is 34.7 Å². The van der Waals surface area contributed by atoms with E-state index in [1.807, 2.05) is 32.0 Å². The average molecular weight is 402 g/mol. The van der Waals surface area contributed by atoms with Crippen LogP contribution in [-0.4, -0.2) is 32.7 Å². The summed E-state index contributed by atoms with van der Waals surface area (Å²) in [6.45, 7) is 3.89. The van der Waals surface area contributed by atoms with Crippen LogP contribution in [0.3, 0.4) is 0 Å². The van der Waals surface area contributed by atoms with Crippen molar-refractivity contribution in [1.29, 1.82) is 0 Å². The quantitative estimate of drug-likeness (QED) is 0.540. The lowest BCUT2D eigenvalue weighted by Crippen LogP contribution is -2.30. The number of hydrogen-bond donors (Lipinski definition) is 3. The Morgan fingerprint density at radius 1 is 1.11 bits per heavy atom. The van der Waals surface area contributed by atoms with Crippen molar-refractivity contribution in [3.63, 3.8) is 0 Å². The first-order chi connectivity index (χ1) is 13.5. The second-order valence-corrected chi connectivity index (χ2v) is 6.98. The van der Waals surface area contributed by atoms with Crippen LogP contribution in [0.5, 0.6) is 0 Å². The van der Waals surface area contributed by atoms with Crippen molar-refractivity contribution in [3.05, 3.63) is 59.5 Å². The second-order valence-electron chi connectivity index (χ2n) is 6.58. The summed E-state index contributed by atoms with van der Waals surface area (Å²) in [6, 6.07) is 11.3. The maximum atomic E-state index is 14.2. The number of nitrogens with one attached hydrogen (secondary N) is 2. The van der Waals surface area contributed by atoms with Crippen molar-refractivity contribution in [1.82, 2.24) is 15.0 Å². The third-order valence-electron chi connectivity index (χ3n) is 4.19. The maximum absolute atomic E-state index is 14.2. The monoisotopic (exact) mass is 401 g/mol. The molecule has 8 heteroatoms. The number of aromatic nitrogens is 3. The lowest BCUT2D eigenvalue weighted by molar-refractivity contribution is 0.248. The van der Waals surface area contributed by atoms with Gasteiger partial charge in [0.2, 0.25) is 5.95 Å². The van der Waals surface area contributed by atoms with E-state index in [-0.39, 0.29) is 29.3 Å². The minimum Gasteiger partial charge on any atom is -0.394 e. The molecule has 146 valence electrons. The molecule has 1 aromatic carbocycles. The highest BCUT2D eigenvalue weighted by atomic mass is 35.5. The minimum absolute atomic E-state index is 0.0727. The van der Waals surface area contributed by atoms with Crippen molar-refractivity contribution >= 4 is 29.1 Å². The molecule has 6 nitrogen and oxygen atoms in total. The van der Waals surface area contributed by atoms with E-state index in [1.165, 1.54) is 12.1 Å². The zero-order valence-electron chi connectivity index (χ0n) is 15.5. The Kier molecular flexibility index (Phi) is 6.38. The standard InChI is InChI=1S/C20H21ClFN5O/c1-12(2)17(11-28)25-20-24-16(15-8-3-4-9-23-15)10-18(27-20)26-19-13(21)6-5-7-14(19)22/h3-10,12,17,28H,11H2,1-2H3,(H2,24,25,26,27)/t17-/m0/s1. The van der Waals surface area contributed by atoms with Gasteiger partial charge in [-0.05, 0) is 30.2 Å². The zero-order chi connectivity index (χ0) is 20.1. The van der Waals surface area contributed by atoms with E-state index >= 15 is 0 Å². The SMILES string of the molecule is CC(C)[C@H](CO)Nc1nc(Nc2c(F)cccc2Cl)cc(-c2ccccn2)n1. The van der Waals surface area contributed by atoms with Crippen molar-refractivity contribution in [2.45, 2.75) is 19.9 Å². The van der Waals surface area contributed by atoms with Crippen molar-refractivity contribution in [2.75, 3.05) is 17.2 Å². The highest BCUT2D eigenvalue weighted by Crippen LogP contribution is 2.29. The first-order valence-electron chi connectivity index (χ1n) is 8.87. The number of pyridine rings is 1. The van der Waals surface area contributed by atoms with Gasteiger partial charge < -0.3 is 15.7 Å². The molecule has 0 aliphatic carbocycles. The van der Waals surface area contributed by atoms with Gasteiger partial charge in [0, 0.05) is 12.3 Å². The fraction of sp³-hybridized carbons (Fsp3) is 0.250. The third kappa shape index (κ3) is 4.74. The van der Waals surface area contributed by atoms with Crippen LogP contribution in [0.4, 0.5) is 21.8 Å². The van der Waals surface area contributed by atoms with Gasteiger partial charge >= 0.3 is 0 Å². The summed E-state index contributed by atoms with van der Waals surface area (Å²) < 4.78 is 14.2.